The average Bonchev–Trinajstić information content (AvgIpc) is 3.18. The molecule has 104 valence electrons. The van der Waals surface area contributed by atoms with Crippen molar-refractivity contribution in [3.63, 3.8) is 0 Å². The zero-order chi connectivity index (χ0) is 14.3. The summed E-state index contributed by atoms with van der Waals surface area (Å²) < 4.78 is 1.60. The standard InChI is InChI=1S/C15H15ClN2O2/c1-9-4-2-3-5-11(9)8-18-14(16)12(15(19)20)13(17-18)10-6-7-10/h2-5,10H,6-8H2,1H3,(H,19,20). The largest absolute Gasteiger partial charge is 0.478 e. The summed E-state index contributed by atoms with van der Waals surface area (Å²) in [4.78, 5) is 11.4. The molecule has 1 aliphatic rings. The van der Waals surface area contributed by atoms with Gasteiger partial charge in [0.1, 0.15) is 10.7 Å². The van der Waals surface area contributed by atoms with Crippen molar-refractivity contribution >= 4 is 17.6 Å². The molecular formula is C15H15ClN2O2. The van der Waals surface area contributed by atoms with Gasteiger partial charge >= 0.3 is 5.97 Å². The van der Waals surface area contributed by atoms with Gasteiger partial charge in [-0.15, -0.1) is 0 Å². The molecule has 0 radical (unpaired) electrons. The van der Waals surface area contributed by atoms with Crippen LogP contribution in [-0.4, -0.2) is 20.9 Å². The van der Waals surface area contributed by atoms with E-state index in [9.17, 15) is 9.90 Å². The molecule has 4 nitrogen and oxygen atoms in total. The zero-order valence-electron chi connectivity index (χ0n) is 11.1. The maximum absolute atomic E-state index is 11.4. The number of carboxylic acids is 1. The smallest absolute Gasteiger partial charge is 0.340 e. The highest BCUT2D eigenvalue weighted by Crippen LogP contribution is 2.42. The molecule has 0 atom stereocenters. The Bertz CT molecular complexity index is 675. The topological polar surface area (TPSA) is 55.1 Å². The van der Waals surface area contributed by atoms with E-state index in [-0.39, 0.29) is 16.6 Å². The van der Waals surface area contributed by atoms with Crippen molar-refractivity contribution in [3.8, 4) is 0 Å². The lowest BCUT2D eigenvalue weighted by Crippen LogP contribution is -2.04. The van der Waals surface area contributed by atoms with E-state index in [0.717, 1.165) is 24.0 Å². The van der Waals surface area contributed by atoms with Gasteiger partial charge in [0.2, 0.25) is 0 Å². The summed E-state index contributed by atoms with van der Waals surface area (Å²) in [5.41, 5.74) is 3.04. The van der Waals surface area contributed by atoms with Crippen LogP contribution in [0.4, 0.5) is 0 Å². The van der Waals surface area contributed by atoms with E-state index < -0.39 is 5.97 Å². The molecule has 0 amide bonds. The van der Waals surface area contributed by atoms with Gasteiger partial charge in [0.25, 0.3) is 0 Å². The van der Waals surface area contributed by atoms with E-state index in [0.29, 0.717) is 12.2 Å². The predicted octanol–water partition coefficient (Wildman–Crippen LogP) is 3.47. The van der Waals surface area contributed by atoms with Crippen LogP contribution >= 0.6 is 11.6 Å². The van der Waals surface area contributed by atoms with Crippen LogP contribution in [-0.2, 0) is 6.54 Å². The lowest BCUT2D eigenvalue weighted by Gasteiger charge is -2.06. The van der Waals surface area contributed by atoms with Gasteiger partial charge in [-0.1, -0.05) is 35.9 Å². The molecule has 0 spiro atoms. The molecule has 1 fully saturated rings. The molecular weight excluding hydrogens is 276 g/mol. The van der Waals surface area contributed by atoms with Gasteiger partial charge < -0.3 is 5.11 Å². The second kappa shape index (κ2) is 4.94. The lowest BCUT2D eigenvalue weighted by molar-refractivity contribution is 0.0695. The SMILES string of the molecule is Cc1ccccc1Cn1nc(C2CC2)c(C(=O)O)c1Cl. The van der Waals surface area contributed by atoms with Crippen molar-refractivity contribution in [2.75, 3.05) is 0 Å². The third-order valence-electron chi connectivity index (χ3n) is 3.68. The minimum atomic E-state index is -0.993. The normalized spacial score (nSPS) is 14.5. The van der Waals surface area contributed by atoms with Gasteiger partial charge in [-0.3, -0.25) is 0 Å². The van der Waals surface area contributed by atoms with Crippen LogP contribution in [0.15, 0.2) is 24.3 Å². The van der Waals surface area contributed by atoms with Crippen LogP contribution in [0.1, 0.15) is 45.9 Å². The molecule has 1 saturated carbocycles. The number of hydrogen-bond acceptors (Lipinski definition) is 2. The number of rotatable bonds is 4. The zero-order valence-corrected chi connectivity index (χ0v) is 11.9. The summed E-state index contributed by atoms with van der Waals surface area (Å²) in [6.07, 6.45) is 2.00. The Morgan fingerprint density at radius 2 is 2.15 bits per heavy atom. The van der Waals surface area contributed by atoms with E-state index in [1.807, 2.05) is 31.2 Å². The number of aromatic carboxylic acids is 1. The fourth-order valence-corrected chi connectivity index (χ4v) is 2.63. The first kappa shape index (κ1) is 13.2. The monoisotopic (exact) mass is 290 g/mol. The van der Waals surface area contributed by atoms with E-state index >= 15 is 0 Å². The molecule has 1 aromatic heterocycles. The Hall–Kier alpha value is -1.81. The van der Waals surface area contributed by atoms with Gasteiger partial charge in [0.05, 0.1) is 12.2 Å². The average molecular weight is 291 g/mol. The second-order valence-corrected chi connectivity index (χ2v) is 5.57. The highest BCUT2D eigenvalue weighted by Gasteiger charge is 2.34. The summed E-state index contributed by atoms with van der Waals surface area (Å²) in [7, 11) is 0. The van der Waals surface area contributed by atoms with Gasteiger partial charge in [-0.05, 0) is 30.9 Å². The molecule has 0 unspecified atom stereocenters. The third kappa shape index (κ3) is 2.31. The van der Waals surface area contributed by atoms with Gasteiger partial charge in [0.15, 0.2) is 0 Å². The quantitative estimate of drug-likeness (QED) is 0.938. The van der Waals surface area contributed by atoms with E-state index in [1.165, 1.54) is 0 Å². The molecule has 0 aliphatic heterocycles. The molecule has 3 rings (SSSR count). The summed E-state index contributed by atoms with van der Waals surface area (Å²) in [6, 6.07) is 7.96. The van der Waals surface area contributed by atoms with Crippen molar-refractivity contribution in [3.05, 3.63) is 51.8 Å². The summed E-state index contributed by atoms with van der Waals surface area (Å²) in [5.74, 6) is -0.732. The Labute approximate surface area is 122 Å². The molecule has 0 saturated heterocycles. The van der Waals surface area contributed by atoms with E-state index in [1.54, 1.807) is 4.68 Å². The number of aryl methyl sites for hydroxylation is 1. The molecule has 1 aliphatic carbocycles. The number of carboxylic acid groups (broad SMARTS) is 1. The Kier molecular flexibility index (Phi) is 3.26. The minimum Gasteiger partial charge on any atom is -0.478 e. The van der Waals surface area contributed by atoms with Gasteiger partial charge in [-0.2, -0.15) is 5.10 Å². The lowest BCUT2D eigenvalue weighted by atomic mass is 10.1. The molecule has 2 aromatic rings. The van der Waals surface area contributed by atoms with Crippen LogP contribution in [0.5, 0.6) is 0 Å². The number of aromatic nitrogens is 2. The fourth-order valence-electron chi connectivity index (χ4n) is 2.35. The second-order valence-electron chi connectivity index (χ2n) is 5.21. The number of halogens is 1. The third-order valence-corrected chi connectivity index (χ3v) is 4.06. The number of nitrogens with zero attached hydrogens (tertiary/aromatic N) is 2. The maximum Gasteiger partial charge on any atom is 0.340 e. The first-order chi connectivity index (χ1) is 9.58. The van der Waals surface area contributed by atoms with Crippen molar-refractivity contribution in [2.24, 2.45) is 0 Å². The first-order valence-corrected chi connectivity index (χ1v) is 6.99. The van der Waals surface area contributed by atoms with Crippen LogP contribution in [0.3, 0.4) is 0 Å². The van der Waals surface area contributed by atoms with E-state index in [2.05, 4.69) is 5.10 Å². The number of carbonyl (C=O) groups is 1. The molecule has 1 aromatic carbocycles. The Balaban J connectivity index is 2.00. The minimum absolute atomic E-state index is 0.169. The van der Waals surface area contributed by atoms with Crippen LogP contribution in [0.25, 0.3) is 0 Å². The molecule has 1 heterocycles. The predicted molar refractivity (Wildman–Crippen MR) is 76.5 cm³/mol. The van der Waals surface area contributed by atoms with Gasteiger partial charge in [-0.25, -0.2) is 9.48 Å². The molecule has 1 N–H and O–H groups in total. The molecule has 5 heteroatoms. The van der Waals surface area contributed by atoms with Crippen molar-refractivity contribution in [2.45, 2.75) is 32.2 Å². The number of hydrogen-bond donors (Lipinski definition) is 1. The van der Waals surface area contributed by atoms with Crippen LogP contribution < -0.4 is 0 Å². The number of benzene rings is 1. The summed E-state index contributed by atoms with van der Waals surface area (Å²) in [6.45, 7) is 2.52. The van der Waals surface area contributed by atoms with Crippen molar-refractivity contribution in [1.29, 1.82) is 0 Å². The van der Waals surface area contributed by atoms with E-state index in [4.69, 9.17) is 11.6 Å². The summed E-state index contributed by atoms with van der Waals surface area (Å²) in [5, 5.41) is 14.0. The van der Waals surface area contributed by atoms with Crippen molar-refractivity contribution in [1.82, 2.24) is 9.78 Å². The maximum atomic E-state index is 11.4. The Morgan fingerprint density at radius 1 is 1.45 bits per heavy atom. The molecule has 20 heavy (non-hydrogen) atoms. The molecule has 0 bridgehead atoms. The first-order valence-electron chi connectivity index (χ1n) is 6.62. The highest BCUT2D eigenvalue weighted by molar-refractivity contribution is 6.32. The Morgan fingerprint density at radius 3 is 2.75 bits per heavy atom. The van der Waals surface area contributed by atoms with Crippen molar-refractivity contribution < 1.29 is 9.90 Å². The fraction of sp³-hybridized carbons (Fsp3) is 0.333. The van der Waals surface area contributed by atoms with Crippen LogP contribution in [0.2, 0.25) is 5.15 Å². The summed E-state index contributed by atoms with van der Waals surface area (Å²) >= 11 is 6.22. The van der Waals surface area contributed by atoms with Gasteiger partial charge in [0, 0.05) is 5.92 Å². The highest BCUT2D eigenvalue weighted by atomic mass is 35.5. The van der Waals surface area contributed by atoms with Crippen LogP contribution in [0, 0.1) is 6.92 Å².